The lowest BCUT2D eigenvalue weighted by molar-refractivity contribution is -0.154. The molecule has 0 aliphatic heterocycles. The molecule has 0 fully saturated rings. The number of ketones is 1. The van der Waals surface area contributed by atoms with E-state index in [1.54, 1.807) is 20.8 Å². The molecule has 9 nitrogen and oxygen atoms in total. The standard InChI is InChI=1S/C36H40N2O7/c1-36(2,3)45-34(42)22-38-35(43)25(19-24-11-5-4-6-12-24)20-26(39)21-37-32(40)17-18-33(41)44-23-31-29-15-9-7-13-27(29)28-14-8-10-16-30(28)31/h4-16,25,31H,17-23H2,1-3H3,(H,37,40)(H,38,43)/t25-/m1/s1. The minimum atomic E-state index is -0.750. The first kappa shape index (κ1) is 33.1. The van der Waals surface area contributed by atoms with Gasteiger partial charge in [0.1, 0.15) is 18.8 Å². The fourth-order valence-corrected chi connectivity index (χ4v) is 5.37. The zero-order valence-electron chi connectivity index (χ0n) is 26.0. The van der Waals surface area contributed by atoms with Crippen molar-refractivity contribution in [3.8, 4) is 11.1 Å². The maximum Gasteiger partial charge on any atom is 0.325 e. The Morgan fingerprint density at radius 1 is 0.733 bits per heavy atom. The summed E-state index contributed by atoms with van der Waals surface area (Å²) >= 11 is 0. The Morgan fingerprint density at radius 2 is 1.33 bits per heavy atom. The van der Waals surface area contributed by atoms with Crippen LogP contribution in [0, 0.1) is 5.92 Å². The summed E-state index contributed by atoms with van der Waals surface area (Å²) in [7, 11) is 0. The van der Waals surface area contributed by atoms with E-state index in [2.05, 4.69) is 22.8 Å². The SMILES string of the molecule is CC(C)(C)OC(=O)CNC(=O)[C@@H](CC(=O)CNC(=O)CCC(=O)OCC1c2ccccc2-c2ccccc21)Cc1ccccc1. The van der Waals surface area contributed by atoms with Gasteiger partial charge in [0.2, 0.25) is 11.8 Å². The van der Waals surface area contributed by atoms with Crippen LogP contribution in [-0.4, -0.2) is 54.8 Å². The zero-order chi connectivity index (χ0) is 32.4. The van der Waals surface area contributed by atoms with E-state index < -0.39 is 35.3 Å². The van der Waals surface area contributed by atoms with Gasteiger partial charge in [-0.2, -0.15) is 0 Å². The van der Waals surface area contributed by atoms with Crippen LogP contribution in [0.1, 0.15) is 62.6 Å². The van der Waals surface area contributed by atoms with E-state index >= 15 is 0 Å². The molecule has 2 amide bonds. The molecule has 0 unspecified atom stereocenters. The van der Waals surface area contributed by atoms with Crippen molar-refractivity contribution in [3.63, 3.8) is 0 Å². The van der Waals surface area contributed by atoms with Gasteiger partial charge in [0, 0.05) is 24.7 Å². The molecule has 45 heavy (non-hydrogen) atoms. The number of Topliss-reactive ketones (excluding diaryl/α,β-unsaturated/α-hetero) is 1. The molecule has 0 radical (unpaired) electrons. The highest BCUT2D eigenvalue weighted by atomic mass is 16.6. The summed E-state index contributed by atoms with van der Waals surface area (Å²) in [5.41, 5.74) is 4.63. The summed E-state index contributed by atoms with van der Waals surface area (Å²) in [6, 6.07) is 25.3. The number of carbonyl (C=O) groups excluding carboxylic acids is 5. The molecule has 1 aliphatic carbocycles. The predicted molar refractivity (Wildman–Crippen MR) is 169 cm³/mol. The van der Waals surface area contributed by atoms with Crippen LogP contribution in [0.5, 0.6) is 0 Å². The number of benzene rings is 3. The van der Waals surface area contributed by atoms with Gasteiger partial charge in [0.25, 0.3) is 0 Å². The van der Waals surface area contributed by atoms with Crippen molar-refractivity contribution in [3.05, 3.63) is 95.6 Å². The molecular weight excluding hydrogens is 572 g/mol. The van der Waals surface area contributed by atoms with Gasteiger partial charge < -0.3 is 20.1 Å². The largest absolute Gasteiger partial charge is 0.465 e. The Labute approximate surface area is 263 Å². The van der Waals surface area contributed by atoms with E-state index in [-0.39, 0.29) is 57.1 Å². The average Bonchev–Trinajstić information content (AvgIpc) is 3.33. The molecule has 1 atom stereocenters. The third-order valence-electron chi connectivity index (χ3n) is 7.41. The molecule has 3 aromatic carbocycles. The quantitative estimate of drug-likeness (QED) is 0.256. The van der Waals surface area contributed by atoms with Crippen molar-refractivity contribution < 1.29 is 33.4 Å². The molecule has 0 spiro atoms. The van der Waals surface area contributed by atoms with E-state index in [0.717, 1.165) is 27.8 Å². The molecule has 2 N–H and O–H groups in total. The molecule has 0 bridgehead atoms. The fourth-order valence-electron chi connectivity index (χ4n) is 5.37. The van der Waals surface area contributed by atoms with Gasteiger partial charge >= 0.3 is 11.9 Å². The second-order valence-electron chi connectivity index (χ2n) is 12.1. The summed E-state index contributed by atoms with van der Waals surface area (Å²) in [5.74, 6) is -3.17. The summed E-state index contributed by atoms with van der Waals surface area (Å²) < 4.78 is 10.8. The summed E-state index contributed by atoms with van der Waals surface area (Å²) in [5, 5.41) is 5.11. The molecule has 1 aliphatic rings. The Morgan fingerprint density at radius 3 is 1.96 bits per heavy atom. The third kappa shape index (κ3) is 9.86. The highest BCUT2D eigenvalue weighted by Crippen LogP contribution is 2.44. The lowest BCUT2D eigenvalue weighted by atomic mass is 9.93. The number of carbonyl (C=O) groups is 5. The van der Waals surface area contributed by atoms with Gasteiger partial charge in [-0.1, -0.05) is 78.9 Å². The second-order valence-corrected chi connectivity index (χ2v) is 12.1. The topological polar surface area (TPSA) is 128 Å². The van der Waals surface area contributed by atoms with Gasteiger partial charge in [0.05, 0.1) is 13.0 Å². The van der Waals surface area contributed by atoms with Gasteiger partial charge in [0.15, 0.2) is 5.78 Å². The predicted octanol–water partition coefficient (Wildman–Crippen LogP) is 4.51. The van der Waals surface area contributed by atoms with Crippen molar-refractivity contribution in [2.24, 2.45) is 5.92 Å². The van der Waals surface area contributed by atoms with Crippen molar-refractivity contribution in [1.82, 2.24) is 10.6 Å². The van der Waals surface area contributed by atoms with Crippen molar-refractivity contribution >= 4 is 29.5 Å². The summed E-state index contributed by atoms with van der Waals surface area (Å²) in [6.07, 6.45) is -0.113. The van der Waals surface area contributed by atoms with Crippen LogP contribution in [0.2, 0.25) is 0 Å². The maximum absolute atomic E-state index is 13.0. The number of hydrogen-bond acceptors (Lipinski definition) is 7. The number of hydrogen-bond donors (Lipinski definition) is 2. The van der Waals surface area contributed by atoms with Crippen molar-refractivity contribution in [1.29, 1.82) is 0 Å². The number of esters is 2. The zero-order valence-corrected chi connectivity index (χ0v) is 26.0. The maximum atomic E-state index is 13.0. The molecule has 0 saturated heterocycles. The van der Waals surface area contributed by atoms with Crippen molar-refractivity contribution in [2.75, 3.05) is 19.7 Å². The Bertz CT molecular complexity index is 1480. The molecule has 3 aromatic rings. The van der Waals surface area contributed by atoms with Crippen LogP contribution in [0.15, 0.2) is 78.9 Å². The first-order chi connectivity index (χ1) is 21.5. The number of nitrogens with one attached hydrogen (secondary N) is 2. The molecule has 0 saturated carbocycles. The Kier molecular flexibility index (Phi) is 11.2. The average molecular weight is 613 g/mol. The van der Waals surface area contributed by atoms with Crippen LogP contribution in [0.25, 0.3) is 11.1 Å². The fraction of sp³-hybridized carbons (Fsp3) is 0.361. The molecule has 4 rings (SSSR count). The Balaban J connectivity index is 1.22. The van der Waals surface area contributed by atoms with Crippen LogP contribution < -0.4 is 10.6 Å². The minimum Gasteiger partial charge on any atom is -0.465 e. The molecule has 0 heterocycles. The highest BCUT2D eigenvalue weighted by Gasteiger charge is 2.29. The molecule has 9 heteroatoms. The second kappa shape index (κ2) is 15.3. The van der Waals surface area contributed by atoms with Crippen LogP contribution in [-0.2, 0) is 39.9 Å². The van der Waals surface area contributed by atoms with E-state index in [9.17, 15) is 24.0 Å². The monoisotopic (exact) mass is 612 g/mol. The van der Waals surface area contributed by atoms with Crippen LogP contribution >= 0.6 is 0 Å². The number of fused-ring (bicyclic) bond motifs is 3. The van der Waals surface area contributed by atoms with E-state index in [0.29, 0.717) is 0 Å². The first-order valence-electron chi connectivity index (χ1n) is 15.2. The van der Waals surface area contributed by atoms with E-state index in [1.165, 1.54) is 0 Å². The molecular formula is C36H40N2O7. The third-order valence-corrected chi connectivity index (χ3v) is 7.41. The highest BCUT2D eigenvalue weighted by molar-refractivity contribution is 5.91. The van der Waals surface area contributed by atoms with Crippen LogP contribution in [0.3, 0.4) is 0 Å². The lowest BCUT2D eigenvalue weighted by Gasteiger charge is -2.20. The van der Waals surface area contributed by atoms with E-state index in [4.69, 9.17) is 9.47 Å². The smallest absolute Gasteiger partial charge is 0.325 e. The normalized spacial score (nSPS) is 12.8. The number of ether oxygens (including phenoxy) is 2. The van der Waals surface area contributed by atoms with Gasteiger partial charge in [-0.05, 0) is 55.0 Å². The minimum absolute atomic E-state index is 0.0713. The summed E-state index contributed by atoms with van der Waals surface area (Å²) in [4.78, 5) is 62.8. The van der Waals surface area contributed by atoms with E-state index in [1.807, 2.05) is 66.7 Å². The van der Waals surface area contributed by atoms with Crippen molar-refractivity contribution in [2.45, 2.75) is 58.0 Å². The van der Waals surface area contributed by atoms with Gasteiger partial charge in [-0.25, -0.2) is 0 Å². The van der Waals surface area contributed by atoms with Gasteiger partial charge in [-0.3, -0.25) is 24.0 Å². The van der Waals surface area contributed by atoms with Crippen LogP contribution in [0.4, 0.5) is 0 Å². The number of amides is 2. The first-order valence-corrected chi connectivity index (χ1v) is 15.2. The summed E-state index contributed by atoms with van der Waals surface area (Å²) in [6.45, 7) is 4.77. The molecule has 236 valence electrons. The molecule has 0 aromatic heterocycles. The van der Waals surface area contributed by atoms with Gasteiger partial charge in [-0.15, -0.1) is 0 Å². The number of rotatable bonds is 14. The lowest BCUT2D eigenvalue weighted by Crippen LogP contribution is -2.40. The Hall–Kier alpha value is -4.79.